The highest BCUT2D eigenvalue weighted by molar-refractivity contribution is 8.05. The van der Waals surface area contributed by atoms with Crippen molar-refractivity contribution < 1.29 is 9.59 Å². The fraction of sp³-hybridized carbons (Fsp3) is 0.0800. The van der Waals surface area contributed by atoms with Crippen LogP contribution in [0.15, 0.2) is 83.4 Å². The normalized spacial score (nSPS) is 16.8. The minimum absolute atomic E-state index is 0.182. The van der Waals surface area contributed by atoms with Gasteiger partial charge in [-0.1, -0.05) is 83.0 Å². The molecule has 1 N–H and O–H groups in total. The smallest absolute Gasteiger partial charge is 0.269 e. The number of carbonyl (C=O) groups is 2. The van der Waals surface area contributed by atoms with Crippen molar-refractivity contribution in [2.45, 2.75) is 11.7 Å². The van der Waals surface area contributed by atoms with Crippen molar-refractivity contribution in [3.63, 3.8) is 0 Å². The van der Waals surface area contributed by atoms with Crippen molar-refractivity contribution in [3.8, 4) is 6.07 Å². The fourth-order valence-electron chi connectivity index (χ4n) is 3.43. The molecule has 1 atom stereocenters. The Labute approximate surface area is 215 Å². The minimum Gasteiger partial charge on any atom is -0.320 e. The molecule has 1 fully saturated rings. The van der Waals surface area contributed by atoms with E-state index in [1.54, 1.807) is 66.7 Å². The van der Waals surface area contributed by atoms with Crippen molar-refractivity contribution >= 4 is 69.8 Å². The SMILES string of the molecule is N#C/C(C(=O)Nc1ccccc1Cl)=C1/S[C@@H](Cc2ccc(Cl)c(Cl)c2)C(=O)N1c1ccccc1. The first-order valence-electron chi connectivity index (χ1n) is 10.1. The summed E-state index contributed by atoms with van der Waals surface area (Å²) >= 11 is 19.5. The molecule has 0 radical (unpaired) electrons. The molecule has 0 saturated carbocycles. The maximum absolute atomic E-state index is 13.5. The number of thioether (sulfide) groups is 1. The van der Waals surface area contributed by atoms with Crippen LogP contribution in [0.4, 0.5) is 11.4 Å². The van der Waals surface area contributed by atoms with Crippen molar-refractivity contribution in [2.24, 2.45) is 0 Å². The van der Waals surface area contributed by atoms with Crippen LogP contribution in [0, 0.1) is 11.3 Å². The third-order valence-corrected chi connectivity index (χ3v) is 7.38. The molecule has 1 heterocycles. The van der Waals surface area contributed by atoms with Gasteiger partial charge in [0.25, 0.3) is 5.91 Å². The van der Waals surface area contributed by atoms with Gasteiger partial charge >= 0.3 is 0 Å². The largest absolute Gasteiger partial charge is 0.320 e. The van der Waals surface area contributed by atoms with E-state index < -0.39 is 11.2 Å². The molecule has 9 heteroatoms. The van der Waals surface area contributed by atoms with Gasteiger partial charge in [0.2, 0.25) is 5.91 Å². The summed E-state index contributed by atoms with van der Waals surface area (Å²) in [6.07, 6.45) is 0.345. The summed E-state index contributed by atoms with van der Waals surface area (Å²) in [5.41, 5.74) is 1.56. The molecular weight excluding hydrogens is 513 g/mol. The first-order valence-corrected chi connectivity index (χ1v) is 12.1. The van der Waals surface area contributed by atoms with E-state index in [4.69, 9.17) is 34.8 Å². The van der Waals surface area contributed by atoms with Gasteiger partial charge in [0.05, 0.1) is 26.0 Å². The van der Waals surface area contributed by atoms with Crippen LogP contribution in [0.3, 0.4) is 0 Å². The number of anilines is 2. The van der Waals surface area contributed by atoms with E-state index in [9.17, 15) is 14.9 Å². The highest BCUT2D eigenvalue weighted by Gasteiger charge is 2.40. The molecule has 34 heavy (non-hydrogen) atoms. The molecule has 0 bridgehead atoms. The van der Waals surface area contributed by atoms with E-state index in [0.29, 0.717) is 32.9 Å². The number of hydrogen-bond acceptors (Lipinski definition) is 4. The number of hydrogen-bond donors (Lipinski definition) is 1. The Morgan fingerprint density at radius 3 is 2.35 bits per heavy atom. The van der Waals surface area contributed by atoms with Crippen LogP contribution in [-0.2, 0) is 16.0 Å². The Bertz CT molecular complexity index is 1340. The quantitative estimate of drug-likeness (QED) is 0.295. The number of nitriles is 1. The van der Waals surface area contributed by atoms with Gasteiger partial charge < -0.3 is 5.32 Å². The molecule has 170 valence electrons. The molecule has 0 spiro atoms. The number of nitrogens with one attached hydrogen (secondary N) is 1. The van der Waals surface area contributed by atoms with Crippen LogP contribution in [0.5, 0.6) is 0 Å². The molecule has 1 aliphatic rings. The zero-order valence-corrected chi connectivity index (χ0v) is 20.6. The van der Waals surface area contributed by atoms with Crippen LogP contribution >= 0.6 is 46.6 Å². The fourth-order valence-corrected chi connectivity index (χ4v) is 5.24. The highest BCUT2D eigenvalue weighted by atomic mass is 35.5. The molecule has 0 aliphatic carbocycles. The summed E-state index contributed by atoms with van der Waals surface area (Å²) in [6, 6.07) is 22.8. The number of nitrogens with zero attached hydrogens (tertiary/aromatic N) is 2. The molecule has 0 aromatic heterocycles. The molecule has 3 aromatic carbocycles. The lowest BCUT2D eigenvalue weighted by atomic mass is 10.1. The summed E-state index contributed by atoms with van der Waals surface area (Å²) in [5.74, 6) is -0.891. The molecule has 1 saturated heterocycles. The number of halogens is 3. The number of amides is 2. The second-order valence-corrected chi connectivity index (χ2v) is 9.71. The van der Waals surface area contributed by atoms with Crippen molar-refractivity contribution in [2.75, 3.05) is 10.2 Å². The maximum atomic E-state index is 13.5. The van der Waals surface area contributed by atoms with Crippen LogP contribution in [0.1, 0.15) is 5.56 Å². The van der Waals surface area contributed by atoms with Crippen LogP contribution in [0.2, 0.25) is 15.1 Å². The number of carbonyl (C=O) groups excluding carboxylic acids is 2. The summed E-state index contributed by atoms with van der Waals surface area (Å²) in [6.45, 7) is 0. The van der Waals surface area contributed by atoms with Gasteiger partial charge in [0, 0.05) is 5.69 Å². The summed E-state index contributed by atoms with van der Waals surface area (Å²) < 4.78 is 0. The van der Waals surface area contributed by atoms with Gasteiger partial charge in [-0.2, -0.15) is 5.26 Å². The maximum Gasteiger partial charge on any atom is 0.269 e. The Morgan fingerprint density at radius 1 is 0.971 bits per heavy atom. The number of para-hydroxylation sites is 2. The summed E-state index contributed by atoms with van der Waals surface area (Å²) in [5, 5.41) is 13.4. The van der Waals surface area contributed by atoms with Gasteiger partial charge in [-0.15, -0.1) is 0 Å². The Kier molecular flexibility index (Phi) is 7.50. The summed E-state index contributed by atoms with van der Waals surface area (Å²) in [7, 11) is 0. The number of rotatable bonds is 5. The predicted molar refractivity (Wildman–Crippen MR) is 138 cm³/mol. The van der Waals surface area contributed by atoms with E-state index in [2.05, 4.69) is 5.32 Å². The van der Waals surface area contributed by atoms with Crippen molar-refractivity contribution in [3.05, 3.63) is 104 Å². The van der Waals surface area contributed by atoms with Gasteiger partial charge in [0.15, 0.2) is 0 Å². The lowest BCUT2D eigenvalue weighted by molar-refractivity contribution is -0.117. The van der Waals surface area contributed by atoms with Crippen molar-refractivity contribution in [1.29, 1.82) is 5.26 Å². The van der Waals surface area contributed by atoms with Crippen molar-refractivity contribution in [1.82, 2.24) is 0 Å². The second kappa shape index (κ2) is 10.5. The van der Waals surface area contributed by atoms with E-state index in [0.717, 1.165) is 5.56 Å². The minimum atomic E-state index is -0.651. The first kappa shape index (κ1) is 24.2. The average molecular weight is 529 g/mol. The molecular formula is C25H16Cl3N3O2S. The van der Waals surface area contributed by atoms with Crippen LogP contribution in [-0.4, -0.2) is 17.1 Å². The topological polar surface area (TPSA) is 73.2 Å². The highest BCUT2D eigenvalue weighted by Crippen LogP contribution is 2.42. The average Bonchev–Trinajstić information content (AvgIpc) is 3.14. The third kappa shape index (κ3) is 5.08. The Balaban J connectivity index is 1.72. The van der Waals surface area contributed by atoms with E-state index >= 15 is 0 Å². The van der Waals surface area contributed by atoms with Gasteiger partial charge in [0.1, 0.15) is 16.7 Å². The van der Waals surface area contributed by atoms with Crippen LogP contribution < -0.4 is 10.2 Å². The molecule has 2 amide bonds. The molecule has 5 nitrogen and oxygen atoms in total. The van der Waals surface area contributed by atoms with E-state index in [1.165, 1.54) is 16.7 Å². The van der Waals surface area contributed by atoms with Gasteiger partial charge in [-0.05, 0) is 48.4 Å². The second-order valence-electron chi connectivity index (χ2n) is 7.29. The van der Waals surface area contributed by atoms with Crippen LogP contribution in [0.25, 0.3) is 0 Å². The molecule has 1 aliphatic heterocycles. The first-order chi connectivity index (χ1) is 16.4. The van der Waals surface area contributed by atoms with E-state index in [1.807, 2.05) is 12.1 Å². The van der Waals surface area contributed by atoms with E-state index in [-0.39, 0.29) is 16.5 Å². The lowest BCUT2D eigenvalue weighted by Gasteiger charge is -2.18. The zero-order valence-electron chi connectivity index (χ0n) is 17.5. The lowest BCUT2D eigenvalue weighted by Crippen LogP contribution is -2.30. The monoisotopic (exact) mass is 527 g/mol. The zero-order chi connectivity index (χ0) is 24.2. The van der Waals surface area contributed by atoms with Gasteiger partial charge in [-0.3, -0.25) is 14.5 Å². The molecule has 4 rings (SSSR count). The third-order valence-electron chi connectivity index (χ3n) is 5.05. The Morgan fingerprint density at radius 2 is 1.68 bits per heavy atom. The predicted octanol–water partition coefficient (Wildman–Crippen LogP) is 6.71. The molecule has 0 unspecified atom stereocenters. The molecule has 3 aromatic rings. The Hall–Kier alpha value is -2.95. The van der Waals surface area contributed by atoms with Gasteiger partial charge in [-0.25, -0.2) is 0 Å². The number of benzene rings is 3. The summed E-state index contributed by atoms with van der Waals surface area (Å²) in [4.78, 5) is 28.0. The standard InChI is InChI=1S/C25H16Cl3N3O2S/c26-18-11-10-15(12-20(18)28)13-22-24(33)31(16-6-2-1-3-7-16)25(34-22)17(14-29)23(32)30-21-9-5-4-8-19(21)27/h1-12,22H,13H2,(H,30,32)/b25-17-/t22-/m0/s1.